The molecule has 29 heavy (non-hydrogen) atoms. The Bertz CT molecular complexity index is 1150. The smallest absolute Gasteiger partial charge is 0.277 e. The molecular weight excluding hydrogens is 386 g/mol. The first kappa shape index (κ1) is 18.8. The number of nitrogens with one attached hydrogen (secondary N) is 1. The van der Waals surface area contributed by atoms with Gasteiger partial charge in [-0.15, -0.1) is 11.3 Å². The van der Waals surface area contributed by atoms with Crippen LogP contribution in [-0.2, 0) is 0 Å². The van der Waals surface area contributed by atoms with Crippen LogP contribution in [-0.4, -0.2) is 30.8 Å². The van der Waals surface area contributed by atoms with Crippen LogP contribution in [0.4, 0.5) is 5.13 Å². The lowest BCUT2D eigenvalue weighted by atomic mass is 10.1. The summed E-state index contributed by atoms with van der Waals surface area (Å²) in [7, 11) is 0. The van der Waals surface area contributed by atoms with Crippen LogP contribution in [0.25, 0.3) is 16.9 Å². The standard InChI is InChI=1S/C21H19N5O2S/c1-13(2)19-11-17(25-26(19)15-6-8-22-9-7-15)20(28)24-21-23-18(12-29-21)14-4-3-5-16(27)10-14/h3-13,27H,1-2H3,(H,23,24,28). The van der Waals surface area contributed by atoms with Crippen molar-refractivity contribution in [2.75, 3.05) is 5.32 Å². The van der Waals surface area contributed by atoms with E-state index in [-0.39, 0.29) is 17.6 Å². The predicted octanol–water partition coefficient (Wildman–Crippen LogP) is 4.47. The van der Waals surface area contributed by atoms with Gasteiger partial charge in [0.1, 0.15) is 5.75 Å². The fraction of sp³-hybridized carbons (Fsp3) is 0.143. The number of rotatable bonds is 5. The second kappa shape index (κ2) is 7.84. The number of benzene rings is 1. The number of carbonyl (C=O) groups excluding carboxylic acids is 1. The largest absolute Gasteiger partial charge is 0.508 e. The van der Waals surface area contributed by atoms with Crippen molar-refractivity contribution in [2.45, 2.75) is 19.8 Å². The Hall–Kier alpha value is -3.52. The van der Waals surface area contributed by atoms with Crippen LogP contribution in [0.2, 0.25) is 0 Å². The number of phenols is 1. The van der Waals surface area contributed by atoms with Gasteiger partial charge in [-0.05, 0) is 36.2 Å². The fourth-order valence-electron chi connectivity index (χ4n) is 2.90. The summed E-state index contributed by atoms with van der Waals surface area (Å²) >= 11 is 1.32. The van der Waals surface area contributed by atoms with Crippen LogP contribution in [0.3, 0.4) is 0 Å². The van der Waals surface area contributed by atoms with E-state index >= 15 is 0 Å². The minimum Gasteiger partial charge on any atom is -0.508 e. The maximum Gasteiger partial charge on any atom is 0.277 e. The lowest BCUT2D eigenvalue weighted by Gasteiger charge is -2.09. The lowest BCUT2D eigenvalue weighted by Crippen LogP contribution is -2.13. The third-order valence-corrected chi connectivity index (χ3v) is 5.09. The number of aromatic nitrogens is 4. The van der Waals surface area contributed by atoms with E-state index in [1.807, 2.05) is 23.6 Å². The highest BCUT2D eigenvalue weighted by Crippen LogP contribution is 2.27. The number of pyridine rings is 1. The summed E-state index contributed by atoms with van der Waals surface area (Å²) < 4.78 is 1.77. The molecule has 1 amide bonds. The van der Waals surface area contributed by atoms with Gasteiger partial charge < -0.3 is 5.11 Å². The third-order valence-electron chi connectivity index (χ3n) is 4.33. The predicted molar refractivity (Wildman–Crippen MR) is 113 cm³/mol. The first-order valence-corrected chi connectivity index (χ1v) is 9.96. The minimum absolute atomic E-state index is 0.170. The maximum absolute atomic E-state index is 12.8. The van der Waals surface area contributed by atoms with Gasteiger partial charge in [-0.1, -0.05) is 26.0 Å². The highest BCUT2D eigenvalue weighted by atomic mass is 32.1. The Morgan fingerprint density at radius 1 is 1.17 bits per heavy atom. The number of nitrogens with zero attached hydrogens (tertiary/aromatic N) is 4. The lowest BCUT2D eigenvalue weighted by molar-refractivity contribution is 0.102. The van der Waals surface area contributed by atoms with Gasteiger partial charge in [0.15, 0.2) is 10.8 Å². The molecule has 8 heteroatoms. The number of aromatic hydroxyl groups is 1. The molecule has 4 rings (SSSR count). The molecule has 4 aromatic rings. The molecule has 0 bridgehead atoms. The van der Waals surface area contributed by atoms with Gasteiger partial charge in [-0.2, -0.15) is 5.10 Å². The molecule has 3 heterocycles. The van der Waals surface area contributed by atoms with E-state index in [2.05, 4.69) is 34.2 Å². The van der Waals surface area contributed by atoms with Crippen LogP contribution in [0.5, 0.6) is 5.75 Å². The average Bonchev–Trinajstić information content (AvgIpc) is 3.36. The van der Waals surface area contributed by atoms with E-state index in [0.717, 1.165) is 16.9 Å². The molecule has 2 N–H and O–H groups in total. The molecule has 3 aromatic heterocycles. The fourth-order valence-corrected chi connectivity index (χ4v) is 3.61. The molecule has 0 radical (unpaired) electrons. The monoisotopic (exact) mass is 405 g/mol. The zero-order valence-corrected chi connectivity index (χ0v) is 16.7. The van der Waals surface area contributed by atoms with Crippen molar-refractivity contribution in [1.29, 1.82) is 0 Å². The highest BCUT2D eigenvalue weighted by molar-refractivity contribution is 7.14. The highest BCUT2D eigenvalue weighted by Gasteiger charge is 2.18. The van der Waals surface area contributed by atoms with Crippen molar-refractivity contribution in [3.8, 4) is 22.7 Å². The first-order valence-electron chi connectivity index (χ1n) is 9.08. The van der Waals surface area contributed by atoms with Gasteiger partial charge in [0.25, 0.3) is 5.91 Å². The number of anilines is 1. The summed E-state index contributed by atoms with van der Waals surface area (Å²) in [5.74, 6) is 0.0370. The van der Waals surface area contributed by atoms with E-state index in [1.165, 1.54) is 11.3 Å². The minimum atomic E-state index is -0.323. The quantitative estimate of drug-likeness (QED) is 0.511. The Balaban J connectivity index is 1.58. The molecule has 1 aromatic carbocycles. The van der Waals surface area contributed by atoms with Gasteiger partial charge in [-0.3, -0.25) is 15.1 Å². The van der Waals surface area contributed by atoms with E-state index in [0.29, 0.717) is 16.5 Å². The van der Waals surface area contributed by atoms with Crippen LogP contribution in [0.15, 0.2) is 60.2 Å². The molecule has 0 aliphatic carbocycles. The van der Waals surface area contributed by atoms with Crippen LogP contribution in [0, 0.1) is 0 Å². The average molecular weight is 405 g/mol. The molecule has 0 aliphatic heterocycles. The molecule has 7 nitrogen and oxygen atoms in total. The normalized spacial score (nSPS) is 11.0. The second-order valence-electron chi connectivity index (χ2n) is 6.77. The van der Waals surface area contributed by atoms with Crippen molar-refractivity contribution in [1.82, 2.24) is 19.7 Å². The zero-order chi connectivity index (χ0) is 20.4. The van der Waals surface area contributed by atoms with Gasteiger partial charge in [0.05, 0.1) is 11.4 Å². The Labute approximate surface area is 171 Å². The summed E-state index contributed by atoms with van der Waals surface area (Å²) in [6, 6.07) is 12.3. The first-order chi connectivity index (χ1) is 14.0. The molecular formula is C21H19N5O2S. The molecule has 0 atom stereocenters. The third kappa shape index (κ3) is 4.02. The number of hydrogen-bond donors (Lipinski definition) is 2. The van der Waals surface area contributed by atoms with Gasteiger partial charge in [-0.25, -0.2) is 9.67 Å². The maximum atomic E-state index is 12.8. The molecule has 0 fully saturated rings. The molecule has 0 saturated carbocycles. The number of phenolic OH excluding ortho intramolecular Hbond substituents is 1. The molecule has 0 spiro atoms. The van der Waals surface area contributed by atoms with Crippen LogP contribution < -0.4 is 5.32 Å². The summed E-state index contributed by atoms with van der Waals surface area (Å²) in [6.45, 7) is 4.11. The van der Waals surface area contributed by atoms with Gasteiger partial charge in [0.2, 0.25) is 0 Å². The van der Waals surface area contributed by atoms with Crippen molar-refractivity contribution in [3.05, 3.63) is 71.6 Å². The van der Waals surface area contributed by atoms with E-state index in [9.17, 15) is 9.90 Å². The number of carbonyl (C=O) groups is 1. The van der Waals surface area contributed by atoms with Crippen molar-refractivity contribution < 1.29 is 9.90 Å². The second-order valence-corrected chi connectivity index (χ2v) is 7.63. The Kier molecular flexibility index (Phi) is 5.09. The number of thiazole rings is 1. The van der Waals surface area contributed by atoms with Crippen LogP contribution in [0.1, 0.15) is 35.9 Å². The van der Waals surface area contributed by atoms with Crippen LogP contribution >= 0.6 is 11.3 Å². The van der Waals surface area contributed by atoms with Gasteiger partial charge in [0, 0.05) is 29.0 Å². The van der Waals surface area contributed by atoms with Gasteiger partial charge >= 0.3 is 0 Å². The number of hydrogen-bond acceptors (Lipinski definition) is 6. The van der Waals surface area contributed by atoms with E-state index < -0.39 is 0 Å². The summed E-state index contributed by atoms with van der Waals surface area (Å²) in [5.41, 5.74) is 3.57. The summed E-state index contributed by atoms with van der Waals surface area (Å²) in [4.78, 5) is 21.2. The molecule has 146 valence electrons. The SMILES string of the molecule is CC(C)c1cc(C(=O)Nc2nc(-c3cccc(O)c3)cs2)nn1-c1ccncc1. The summed E-state index contributed by atoms with van der Waals surface area (Å²) in [6.07, 6.45) is 3.39. The zero-order valence-electron chi connectivity index (χ0n) is 15.9. The summed E-state index contributed by atoms with van der Waals surface area (Å²) in [5, 5.41) is 19.2. The van der Waals surface area contributed by atoms with Crippen molar-refractivity contribution in [3.63, 3.8) is 0 Å². The molecule has 0 unspecified atom stereocenters. The van der Waals surface area contributed by atoms with E-state index in [1.54, 1.807) is 41.3 Å². The van der Waals surface area contributed by atoms with E-state index in [4.69, 9.17) is 0 Å². The Morgan fingerprint density at radius 2 is 1.97 bits per heavy atom. The topological polar surface area (TPSA) is 92.9 Å². The molecule has 0 aliphatic rings. The van der Waals surface area contributed by atoms with Crippen molar-refractivity contribution >= 4 is 22.4 Å². The number of amides is 1. The Morgan fingerprint density at radius 3 is 2.69 bits per heavy atom. The molecule has 0 saturated heterocycles. The van der Waals surface area contributed by atoms with Crippen molar-refractivity contribution in [2.24, 2.45) is 0 Å².